The summed E-state index contributed by atoms with van der Waals surface area (Å²) in [5.74, 6) is 1.38. The number of hydrogen-bond acceptors (Lipinski definition) is 4. The van der Waals surface area contributed by atoms with E-state index in [2.05, 4.69) is 10.0 Å². The molecule has 1 aromatic rings. The number of aliphatic hydroxyl groups is 1. The fraction of sp³-hybridized carbons (Fsp3) is 0.455. The van der Waals surface area contributed by atoms with Crippen molar-refractivity contribution < 1.29 is 14.6 Å². The molecule has 1 aromatic carbocycles. The predicted octanol–water partition coefficient (Wildman–Crippen LogP) is 2.54. The maximum Gasteiger partial charge on any atom is 0.231 e. The summed E-state index contributed by atoms with van der Waals surface area (Å²) in [5, 5.41) is 12.5. The number of nitrogens with zero attached hydrogens (tertiary/aromatic N) is 3. The largest absolute Gasteiger partial charge is 0.454 e. The van der Waals surface area contributed by atoms with Crippen LogP contribution >= 0.6 is 0 Å². The van der Waals surface area contributed by atoms with Crippen LogP contribution in [0.4, 0.5) is 0 Å². The van der Waals surface area contributed by atoms with Crippen molar-refractivity contribution in [2.24, 2.45) is 5.11 Å². The van der Waals surface area contributed by atoms with Crippen LogP contribution in [-0.2, 0) is 0 Å². The molecule has 0 fully saturated rings. The van der Waals surface area contributed by atoms with Crippen molar-refractivity contribution in [3.63, 3.8) is 0 Å². The molecule has 1 atom stereocenters. The highest BCUT2D eigenvalue weighted by atomic mass is 16.7. The second-order valence-electron chi connectivity index (χ2n) is 3.70. The van der Waals surface area contributed by atoms with Gasteiger partial charge in [0.1, 0.15) is 0 Å². The average molecular weight is 235 g/mol. The molecular weight excluding hydrogens is 222 g/mol. The molecule has 0 radical (unpaired) electrons. The van der Waals surface area contributed by atoms with E-state index in [-0.39, 0.29) is 19.4 Å². The van der Waals surface area contributed by atoms with Gasteiger partial charge in [-0.3, -0.25) is 0 Å². The second kappa shape index (κ2) is 5.43. The lowest BCUT2D eigenvalue weighted by Gasteiger charge is -2.11. The first-order valence-corrected chi connectivity index (χ1v) is 5.39. The van der Waals surface area contributed by atoms with Crippen molar-refractivity contribution in [2.45, 2.75) is 18.9 Å². The van der Waals surface area contributed by atoms with Gasteiger partial charge in [0.15, 0.2) is 11.5 Å². The summed E-state index contributed by atoms with van der Waals surface area (Å²) >= 11 is 0. The monoisotopic (exact) mass is 235 g/mol. The van der Waals surface area contributed by atoms with Gasteiger partial charge in [0.2, 0.25) is 6.79 Å². The minimum atomic E-state index is -0.276. The number of fused-ring (bicyclic) bond motifs is 1. The molecule has 90 valence electrons. The lowest BCUT2D eigenvalue weighted by molar-refractivity contribution is 0.174. The summed E-state index contributed by atoms with van der Waals surface area (Å²) in [6.45, 7) is 0.309. The van der Waals surface area contributed by atoms with E-state index in [0.29, 0.717) is 24.3 Å². The molecule has 0 aromatic heterocycles. The smallest absolute Gasteiger partial charge is 0.231 e. The molecule has 1 unspecified atom stereocenters. The SMILES string of the molecule is [N-]=[N+]=NC(CCCO)c1ccc2c(c1)OCO2. The number of benzene rings is 1. The molecule has 0 spiro atoms. The third-order valence-electron chi connectivity index (χ3n) is 2.61. The Labute approximate surface area is 98.4 Å². The van der Waals surface area contributed by atoms with E-state index in [1.165, 1.54) is 0 Å². The summed E-state index contributed by atoms with van der Waals surface area (Å²) in [6, 6.07) is 5.20. The van der Waals surface area contributed by atoms with Gasteiger partial charge in [0.25, 0.3) is 0 Å². The highest BCUT2D eigenvalue weighted by Crippen LogP contribution is 2.36. The van der Waals surface area contributed by atoms with Crippen molar-refractivity contribution in [1.82, 2.24) is 0 Å². The number of aliphatic hydroxyl groups excluding tert-OH is 1. The van der Waals surface area contributed by atoms with Crippen LogP contribution in [0.5, 0.6) is 11.5 Å². The van der Waals surface area contributed by atoms with E-state index in [1.807, 2.05) is 12.1 Å². The first-order chi connectivity index (χ1) is 8.35. The highest BCUT2D eigenvalue weighted by Gasteiger charge is 2.16. The van der Waals surface area contributed by atoms with E-state index < -0.39 is 0 Å². The topological polar surface area (TPSA) is 87.5 Å². The lowest BCUT2D eigenvalue weighted by atomic mass is 10.0. The van der Waals surface area contributed by atoms with Gasteiger partial charge >= 0.3 is 0 Å². The molecule has 0 amide bonds. The molecular formula is C11H13N3O3. The van der Waals surface area contributed by atoms with Crippen LogP contribution in [-0.4, -0.2) is 18.5 Å². The quantitative estimate of drug-likeness (QED) is 0.483. The Morgan fingerprint density at radius 3 is 3.00 bits per heavy atom. The first-order valence-electron chi connectivity index (χ1n) is 5.39. The van der Waals surface area contributed by atoms with Crippen LogP contribution in [0.1, 0.15) is 24.4 Å². The Bertz CT molecular complexity index is 444. The van der Waals surface area contributed by atoms with E-state index in [4.69, 9.17) is 20.1 Å². The molecule has 0 saturated heterocycles. The second-order valence-corrected chi connectivity index (χ2v) is 3.70. The predicted molar refractivity (Wildman–Crippen MR) is 60.8 cm³/mol. The maximum absolute atomic E-state index is 8.81. The minimum absolute atomic E-state index is 0.0853. The Balaban J connectivity index is 2.20. The van der Waals surface area contributed by atoms with Crippen molar-refractivity contribution in [1.29, 1.82) is 0 Å². The zero-order valence-electron chi connectivity index (χ0n) is 9.24. The maximum atomic E-state index is 8.81. The standard InChI is InChI=1S/C11H13N3O3/c12-14-13-9(2-1-5-15)8-3-4-10-11(6-8)17-7-16-10/h3-4,6,9,15H,1-2,5,7H2. The Morgan fingerprint density at radius 2 is 2.24 bits per heavy atom. The summed E-state index contributed by atoms with van der Waals surface area (Å²) in [5.41, 5.74) is 9.41. The van der Waals surface area contributed by atoms with Crippen molar-refractivity contribution in [3.8, 4) is 11.5 Å². The van der Waals surface area contributed by atoms with Crippen molar-refractivity contribution in [3.05, 3.63) is 34.2 Å². The van der Waals surface area contributed by atoms with Crippen molar-refractivity contribution >= 4 is 0 Å². The average Bonchev–Trinajstić information content (AvgIpc) is 2.81. The molecule has 17 heavy (non-hydrogen) atoms. The molecule has 6 nitrogen and oxygen atoms in total. The zero-order valence-corrected chi connectivity index (χ0v) is 9.24. The van der Waals surface area contributed by atoms with Gasteiger partial charge in [-0.2, -0.15) is 0 Å². The van der Waals surface area contributed by atoms with Gasteiger partial charge in [0.05, 0.1) is 6.04 Å². The molecule has 1 N–H and O–H groups in total. The van der Waals surface area contributed by atoms with Gasteiger partial charge in [-0.15, -0.1) is 0 Å². The van der Waals surface area contributed by atoms with Gasteiger partial charge in [0, 0.05) is 11.5 Å². The molecule has 0 bridgehead atoms. The van der Waals surface area contributed by atoms with Gasteiger partial charge in [-0.25, -0.2) is 0 Å². The van der Waals surface area contributed by atoms with Crippen LogP contribution in [0.3, 0.4) is 0 Å². The number of ether oxygens (including phenoxy) is 2. The van der Waals surface area contributed by atoms with Crippen molar-refractivity contribution in [2.75, 3.05) is 13.4 Å². The summed E-state index contributed by atoms with van der Waals surface area (Å²) in [4.78, 5) is 2.83. The van der Waals surface area contributed by atoms with E-state index >= 15 is 0 Å². The third kappa shape index (κ3) is 2.61. The van der Waals surface area contributed by atoms with Crippen LogP contribution in [0.2, 0.25) is 0 Å². The third-order valence-corrected chi connectivity index (χ3v) is 2.61. The van der Waals surface area contributed by atoms with E-state index in [9.17, 15) is 0 Å². The summed E-state index contributed by atoms with van der Waals surface area (Å²) < 4.78 is 10.5. The normalized spacial score (nSPS) is 14.2. The minimum Gasteiger partial charge on any atom is -0.454 e. The number of hydrogen-bond donors (Lipinski definition) is 1. The van der Waals surface area contributed by atoms with E-state index in [1.54, 1.807) is 6.07 Å². The molecule has 1 heterocycles. The van der Waals surface area contributed by atoms with Gasteiger partial charge in [-0.1, -0.05) is 11.2 Å². The Hall–Kier alpha value is -1.91. The Morgan fingerprint density at radius 1 is 1.41 bits per heavy atom. The molecule has 1 aliphatic heterocycles. The van der Waals surface area contributed by atoms with Crippen LogP contribution in [0.25, 0.3) is 10.4 Å². The van der Waals surface area contributed by atoms with E-state index in [0.717, 1.165) is 5.56 Å². The van der Waals surface area contributed by atoms with Gasteiger partial charge in [-0.05, 0) is 36.1 Å². The summed E-state index contributed by atoms with van der Waals surface area (Å²) in [6.07, 6.45) is 1.21. The summed E-state index contributed by atoms with van der Waals surface area (Å²) in [7, 11) is 0. The van der Waals surface area contributed by atoms with Crippen LogP contribution in [0.15, 0.2) is 23.3 Å². The molecule has 6 heteroatoms. The molecule has 1 aliphatic rings. The van der Waals surface area contributed by atoms with Crippen LogP contribution < -0.4 is 9.47 Å². The first kappa shape index (κ1) is 11.6. The number of azide groups is 1. The van der Waals surface area contributed by atoms with Crippen LogP contribution in [0, 0.1) is 0 Å². The molecule has 0 aliphatic carbocycles. The fourth-order valence-corrected chi connectivity index (χ4v) is 1.76. The highest BCUT2D eigenvalue weighted by molar-refractivity contribution is 5.45. The number of rotatable bonds is 5. The lowest BCUT2D eigenvalue weighted by Crippen LogP contribution is -1.97. The fourth-order valence-electron chi connectivity index (χ4n) is 1.76. The molecule has 2 rings (SSSR count). The Kier molecular flexibility index (Phi) is 3.69. The zero-order chi connectivity index (χ0) is 12.1. The van der Waals surface area contributed by atoms with Gasteiger partial charge < -0.3 is 14.6 Å². The molecule has 0 saturated carbocycles.